The number of piperidine rings is 1. The van der Waals surface area contributed by atoms with Crippen LogP contribution in [0.3, 0.4) is 0 Å². The minimum Gasteiger partial charge on any atom is -0.369 e. The number of nitrogens with two attached hydrogens (primary N) is 1. The Hall–Kier alpha value is -0.610. The molecule has 1 unspecified atom stereocenters. The van der Waals surface area contributed by atoms with Crippen LogP contribution in [0.5, 0.6) is 0 Å². The van der Waals surface area contributed by atoms with Gasteiger partial charge < -0.3 is 15.4 Å². The first-order valence-corrected chi connectivity index (χ1v) is 5.86. The summed E-state index contributed by atoms with van der Waals surface area (Å²) in [7, 11) is 0. The van der Waals surface area contributed by atoms with Gasteiger partial charge in [0.1, 0.15) is 6.10 Å². The quantitative estimate of drug-likeness (QED) is 0.687. The third-order valence-corrected chi connectivity index (χ3v) is 2.73. The van der Waals surface area contributed by atoms with Crippen molar-refractivity contribution >= 4 is 5.91 Å². The van der Waals surface area contributed by atoms with Crippen LogP contribution in [-0.4, -0.2) is 43.2 Å². The minimum atomic E-state index is -0.311. The number of carbonyl (C=O) groups excluding carboxylic acids is 1. The van der Waals surface area contributed by atoms with E-state index in [1.54, 1.807) is 0 Å². The molecule has 1 aliphatic heterocycles. The highest BCUT2D eigenvalue weighted by molar-refractivity contribution is 5.80. The molecule has 15 heavy (non-hydrogen) atoms. The van der Waals surface area contributed by atoms with Gasteiger partial charge in [0.2, 0.25) is 0 Å². The molecule has 1 aliphatic rings. The SMILES string of the molecule is CC(OCCCN)C(=O)N1CCCCC1. The van der Waals surface area contributed by atoms with Crippen LogP contribution < -0.4 is 5.73 Å². The average molecular weight is 214 g/mol. The lowest BCUT2D eigenvalue weighted by Crippen LogP contribution is -2.42. The van der Waals surface area contributed by atoms with Gasteiger partial charge in [-0.2, -0.15) is 0 Å². The molecule has 88 valence electrons. The minimum absolute atomic E-state index is 0.131. The maximum Gasteiger partial charge on any atom is 0.251 e. The number of carbonyl (C=O) groups is 1. The van der Waals surface area contributed by atoms with Crippen molar-refractivity contribution in [1.29, 1.82) is 0 Å². The van der Waals surface area contributed by atoms with Gasteiger partial charge in [-0.05, 0) is 39.2 Å². The summed E-state index contributed by atoms with van der Waals surface area (Å²) in [6.07, 6.45) is 4.00. The molecule has 0 bridgehead atoms. The molecule has 1 amide bonds. The van der Waals surface area contributed by atoms with Gasteiger partial charge in [-0.25, -0.2) is 0 Å². The fourth-order valence-corrected chi connectivity index (χ4v) is 1.79. The lowest BCUT2D eigenvalue weighted by molar-refractivity contribution is -0.143. The van der Waals surface area contributed by atoms with Gasteiger partial charge in [-0.15, -0.1) is 0 Å². The van der Waals surface area contributed by atoms with Crippen molar-refractivity contribution in [3.05, 3.63) is 0 Å². The van der Waals surface area contributed by atoms with Crippen molar-refractivity contribution in [3.63, 3.8) is 0 Å². The fourth-order valence-electron chi connectivity index (χ4n) is 1.79. The Morgan fingerprint density at radius 1 is 1.40 bits per heavy atom. The van der Waals surface area contributed by atoms with Crippen LogP contribution in [0.15, 0.2) is 0 Å². The molecule has 0 aromatic carbocycles. The van der Waals surface area contributed by atoms with Crippen LogP contribution in [0.25, 0.3) is 0 Å². The lowest BCUT2D eigenvalue weighted by Gasteiger charge is -2.29. The van der Waals surface area contributed by atoms with Gasteiger partial charge in [0.25, 0.3) is 5.91 Å². The van der Waals surface area contributed by atoms with Gasteiger partial charge in [0, 0.05) is 19.7 Å². The van der Waals surface area contributed by atoms with Crippen LogP contribution >= 0.6 is 0 Å². The number of hydrogen-bond acceptors (Lipinski definition) is 3. The molecular formula is C11H22N2O2. The number of hydrogen-bond donors (Lipinski definition) is 1. The smallest absolute Gasteiger partial charge is 0.251 e. The number of nitrogens with zero attached hydrogens (tertiary/aromatic N) is 1. The molecule has 0 aromatic heterocycles. The first-order valence-electron chi connectivity index (χ1n) is 5.86. The van der Waals surface area contributed by atoms with Crippen molar-refractivity contribution in [1.82, 2.24) is 4.90 Å². The maximum atomic E-state index is 11.9. The highest BCUT2D eigenvalue weighted by Crippen LogP contribution is 2.11. The van der Waals surface area contributed by atoms with E-state index in [1.165, 1.54) is 6.42 Å². The molecule has 1 fully saturated rings. The zero-order valence-corrected chi connectivity index (χ0v) is 9.58. The molecule has 0 radical (unpaired) electrons. The summed E-state index contributed by atoms with van der Waals surface area (Å²) < 4.78 is 5.43. The molecule has 0 aliphatic carbocycles. The Bertz CT molecular complexity index is 191. The van der Waals surface area contributed by atoms with Gasteiger partial charge in [0.15, 0.2) is 0 Å². The van der Waals surface area contributed by atoms with E-state index >= 15 is 0 Å². The molecule has 0 aromatic rings. The largest absolute Gasteiger partial charge is 0.369 e. The highest BCUT2D eigenvalue weighted by atomic mass is 16.5. The summed E-state index contributed by atoms with van der Waals surface area (Å²) in [4.78, 5) is 13.8. The predicted molar refractivity (Wildman–Crippen MR) is 59.5 cm³/mol. The zero-order valence-electron chi connectivity index (χ0n) is 9.58. The van der Waals surface area contributed by atoms with Gasteiger partial charge in [0.05, 0.1) is 0 Å². The van der Waals surface area contributed by atoms with E-state index in [-0.39, 0.29) is 12.0 Å². The molecule has 1 atom stereocenters. The van der Waals surface area contributed by atoms with Crippen LogP contribution in [-0.2, 0) is 9.53 Å². The lowest BCUT2D eigenvalue weighted by atomic mass is 10.1. The zero-order chi connectivity index (χ0) is 11.1. The Balaban J connectivity index is 2.24. The monoisotopic (exact) mass is 214 g/mol. The summed E-state index contributed by atoms with van der Waals surface area (Å²) in [5.74, 6) is 0.131. The van der Waals surface area contributed by atoms with Gasteiger partial charge in [-0.1, -0.05) is 0 Å². The fraction of sp³-hybridized carbons (Fsp3) is 0.909. The van der Waals surface area contributed by atoms with E-state index in [9.17, 15) is 4.79 Å². The van der Waals surface area contributed by atoms with Crippen molar-refractivity contribution in [2.24, 2.45) is 5.73 Å². The van der Waals surface area contributed by atoms with Crippen molar-refractivity contribution in [2.75, 3.05) is 26.2 Å². The van der Waals surface area contributed by atoms with E-state index in [0.717, 1.165) is 32.4 Å². The maximum absolute atomic E-state index is 11.9. The Labute approximate surface area is 91.8 Å². The summed E-state index contributed by atoms with van der Waals surface area (Å²) in [5.41, 5.74) is 5.36. The summed E-state index contributed by atoms with van der Waals surface area (Å²) >= 11 is 0. The molecule has 1 saturated heterocycles. The third kappa shape index (κ3) is 4.18. The summed E-state index contributed by atoms with van der Waals surface area (Å²) in [5, 5.41) is 0. The van der Waals surface area contributed by atoms with Crippen LogP contribution in [0.4, 0.5) is 0 Å². The van der Waals surface area contributed by atoms with E-state index in [4.69, 9.17) is 10.5 Å². The number of likely N-dealkylation sites (tertiary alicyclic amines) is 1. The molecular weight excluding hydrogens is 192 g/mol. The van der Waals surface area contributed by atoms with Crippen molar-refractivity contribution in [2.45, 2.75) is 38.7 Å². The Morgan fingerprint density at radius 3 is 2.67 bits per heavy atom. The van der Waals surface area contributed by atoms with E-state index in [2.05, 4.69) is 0 Å². The first kappa shape index (κ1) is 12.5. The molecule has 4 nitrogen and oxygen atoms in total. The van der Waals surface area contributed by atoms with E-state index in [0.29, 0.717) is 13.2 Å². The summed E-state index contributed by atoms with van der Waals surface area (Å²) in [6.45, 7) is 4.81. The van der Waals surface area contributed by atoms with Gasteiger partial charge >= 0.3 is 0 Å². The molecule has 2 N–H and O–H groups in total. The highest BCUT2D eigenvalue weighted by Gasteiger charge is 2.22. The van der Waals surface area contributed by atoms with Crippen LogP contribution in [0, 0.1) is 0 Å². The third-order valence-electron chi connectivity index (χ3n) is 2.73. The number of ether oxygens (including phenoxy) is 1. The number of rotatable bonds is 5. The topological polar surface area (TPSA) is 55.6 Å². The Morgan fingerprint density at radius 2 is 2.07 bits per heavy atom. The van der Waals surface area contributed by atoms with Crippen LogP contribution in [0.2, 0.25) is 0 Å². The van der Waals surface area contributed by atoms with Gasteiger partial charge in [-0.3, -0.25) is 4.79 Å². The summed E-state index contributed by atoms with van der Waals surface area (Å²) in [6, 6.07) is 0. The standard InChI is InChI=1S/C11H22N2O2/c1-10(15-9-5-6-12)11(14)13-7-3-2-4-8-13/h10H,2-9,12H2,1H3. The molecule has 1 heterocycles. The van der Waals surface area contributed by atoms with Crippen molar-refractivity contribution in [3.8, 4) is 0 Å². The van der Waals surface area contributed by atoms with Crippen molar-refractivity contribution < 1.29 is 9.53 Å². The first-order chi connectivity index (χ1) is 7.25. The average Bonchev–Trinajstić information content (AvgIpc) is 2.29. The molecule has 1 rings (SSSR count). The molecule has 0 spiro atoms. The second kappa shape index (κ2) is 6.80. The predicted octanol–water partition coefficient (Wildman–Crippen LogP) is 0.753. The molecule has 4 heteroatoms. The number of amides is 1. The molecule has 0 saturated carbocycles. The second-order valence-corrected chi connectivity index (χ2v) is 4.04. The normalized spacial score (nSPS) is 18.9. The van der Waals surface area contributed by atoms with E-state index < -0.39 is 0 Å². The second-order valence-electron chi connectivity index (χ2n) is 4.04. The van der Waals surface area contributed by atoms with E-state index in [1.807, 2.05) is 11.8 Å². The Kier molecular flexibility index (Phi) is 5.65. The van der Waals surface area contributed by atoms with Crippen LogP contribution in [0.1, 0.15) is 32.6 Å².